The first-order chi connectivity index (χ1) is 10.2. The Bertz CT molecular complexity index is 484. The predicted octanol–water partition coefficient (Wildman–Crippen LogP) is 4.49. The van der Waals surface area contributed by atoms with E-state index in [4.69, 9.17) is 4.74 Å². The normalized spacial score (nSPS) is 32.0. The zero-order chi connectivity index (χ0) is 14.8. The molecule has 0 saturated heterocycles. The van der Waals surface area contributed by atoms with Crippen molar-refractivity contribution in [2.45, 2.75) is 65.0 Å². The fourth-order valence-electron chi connectivity index (χ4n) is 3.97. The lowest BCUT2D eigenvalue weighted by atomic mass is 9.80. The molecule has 0 aliphatic heterocycles. The van der Waals surface area contributed by atoms with Gasteiger partial charge in [0.15, 0.2) is 0 Å². The van der Waals surface area contributed by atoms with Gasteiger partial charge in [-0.2, -0.15) is 0 Å². The number of rotatable bonds is 4. The van der Waals surface area contributed by atoms with Crippen molar-refractivity contribution < 1.29 is 4.74 Å². The summed E-state index contributed by atoms with van der Waals surface area (Å²) in [6.07, 6.45) is 6.51. The summed E-state index contributed by atoms with van der Waals surface area (Å²) >= 11 is 0. The van der Waals surface area contributed by atoms with Crippen LogP contribution in [0.1, 0.15) is 63.6 Å². The Morgan fingerprint density at radius 3 is 2.76 bits per heavy atom. The summed E-state index contributed by atoms with van der Waals surface area (Å²) in [6.45, 7) is 7.97. The van der Waals surface area contributed by atoms with Crippen molar-refractivity contribution in [3.05, 3.63) is 29.3 Å². The quantitative estimate of drug-likeness (QED) is 0.881. The minimum absolute atomic E-state index is 0.417. The van der Waals surface area contributed by atoms with Gasteiger partial charge >= 0.3 is 0 Å². The van der Waals surface area contributed by atoms with Crippen LogP contribution >= 0.6 is 0 Å². The molecular weight excluding hydrogens is 258 g/mol. The molecule has 2 aliphatic rings. The molecule has 1 N–H and O–H groups in total. The molecule has 1 aromatic carbocycles. The highest BCUT2D eigenvalue weighted by molar-refractivity contribution is 5.45. The molecule has 116 valence electrons. The molecule has 2 heteroatoms. The number of ether oxygens (including phenoxy) is 1. The van der Waals surface area contributed by atoms with Crippen molar-refractivity contribution in [3.8, 4) is 5.75 Å². The third-order valence-corrected chi connectivity index (χ3v) is 5.52. The van der Waals surface area contributed by atoms with Crippen LogP contribution in [0.3, 0.4) is 0 Å². The van der Waals surface area contributed by atoms with Gasteiger partial charge < -0.3 is 10.1 Å². The number of hydrogen-bond donors (Lipinski definition) is 1. The fourth-order valence-corrected chi connectivity index (χ4v) is 3.97. The van der Waals surface area contributed by atoms with E-state index in [-0.39, 0.29) is 0 Å². The first-order valence-electron chi connectivity index (χ1n) is 8.70. The summed E-state index contributed by atoms with van der Waals surface area (Å²) in [5.74, 6) is 2.79. The monoisotopic (exact) mass is 287 g/mol. The SMILES string of the molecule is CCNC1CCc2c(OC3CCC(C)C(C)C3)cccc21. The Morgan fingerprint density at radius 2 is 2.00 bits per heavy atom. The average Bonchev–Trinajstić information content (AvgIpc) is 2.88. The molecule has 3 rings (SSSR count). The van der Waals surface area contributed by atoms with Crippen LogP contribution in [-0.4, -0.2) is 12.6 Å². The van der Waals surface area contributed by atoms with Crippen LogP contribution in [-0.2, 0) is 6.42 Å². The van der Waals surface area contributed by atoms with E-state index >= 15 is 0 Å². The molecule has 1 saturated carbocycles. The van der Waals surface area contributed by atoms with E-state index < -0.39 is 0 Å². The Kier molecular flexibility index (Phi) is 4.54. The molecule has 0 bridgehead atoms. The molecular formula is C19H29NO. The van der Waals surface area contributed by atoms with Crippen LogP contribution in [0, 0.1) is 11.8 Å². The minimum atomic E-state index is 0.417. The Labute approximate surface area is 129 Å². The standard InChI is InChI=1S/C19H29NO/c1-4-20-18-11-10-17-16(18)6-5-7-19(17)21-15-9-8-13(2)14(3)12-15/h5-7,13-15,18,20H,4,8-12H2,1-3H3. The maximum absolute atomic E-state index is 6.42. The van der Waals surface area contributed by atoms with Crippen molar-refractivity contribution in [2.75, 3.05) is 6.54 Å². The van der Waals surface area contributed by atoms with Gasteiger partial charge in [-0.15, -0.1) is 0 Å². The maximum Gasteiger partial charge on any atom is 0.123 e. The Hall–Kier alpha value is -1.02. The van der Waals surface area contributed by atoms with E-state index in [1.807, 2.05) is 0 Å². The lowest BCUT2D eigenvalue weighted by Gasteiger charge is -2.32. The highest BCUT2D eigenvalue weighted by Gasteiger charge is 2.28. The Balaban J connectivity index is 1.72. The fraction of sp³-hybridized carbons (Fsp3) is 0.684. The van der Waals surface area contributed by atoms with Crippen LogP contribution in [0.2, 0.25) is 0 Å². The molecule has 0 heterocycles. The average molecular weight is 287 g/mol. The molecule has 4 atom stereocenters. The van der Waals surface area contributed by atoms with Crippen LogP contribution in [0.4, 0.5) is 0 Å². The maximum atomic E-state index is 6.42. The third kappa shape index (κ3) is 3.11. The second-order valence-corrected chi connectivity index (χ2v) is 6.98. The van der Waals surface area contributed by atoms with E-state index in [2.05, 4.69) is 44.3 Å². The van der Waals surface area contributed by atoms with E-state index in [1.54, 1.807) is 0 Å². The van der Waals surface area contributed by atoms with Crippen LogP contribution < -0.4 is 10.1 Å². The summed E-state index contributed by atoms with van der Waals surface area (Å²) in [7, 11) is 0. The second-order valence-electron chi connectivity index (χ2n) is 6.98. The number of fused-ring (bicyclic) bond motifs is 1. The molecule has 2 aliphatic carbocycles. The van der Waals surface area contributed by atoms with Gasteiger partial charge in [0.2, 0.25) is 0 Å². The number of nitrogens with one attached hydrogen (secondary N) is 1. The lowest BCUT2D eigenvalue weighted by Crippen LogP contribution is -2.29. The van der Waals surface area contributed by atoms with Crippen molar-refractivity contribution in [1.82, 2.24) is 5.32 Å². The predicted molar refractivity (Wildman–Crippen MR) is 87.8 cm³/mol. The molecule has 1 fully saturated rings. The number of hydrogen-bond acceptors (Lipinski definition) is 2. The van der Waals surface area contributed by atoms with Gasteiger partial charge in [-0.05, 0) is 67.7 Å². The van der Waals surface area contributed by atoms with Crippen LogP contribution in [0.25, 0.3) is 0 Å². The van der Waals surface area contributed by atoms with Gasteiger partial charge in [-0.1, -0.05) is 32.9 Å². The van der Waals surface area contributed by atoms with Crippen LogP contribution in [0.15, 0.2) is 18.2 Å². The highest BCUT2D eigenvalue weighted by atomic mass is 16.5. The molecule has 4 unspecified atom stereocenters. The van der Waals surface area contributed by atoms with E-state index in [1.165, 1.54) is 36.8 Å². The zero-order valence-corrected chi connectivity index (χ0v) is 13.7. The molecule has 0 spiro atoms. The number of benzene rings is 1. The molecule has 21 heavy (non-hydrogen) atoms. The topological polar surface area (TPSA) is 21.3 Å². The smallest absolute Gasteiger partial charge is 0.123 e. The molecule has 2 nitrogen and oxygen atoms in total. The van der Waals surface area contributed by atoms with Gasteiger partial charge in [0.05, 0.1) is 6.10 Å². The van der Waals surface area contributed by atoms with Crippen molar-refractivity contribution in [2.24, 2.45) is 11.8 Å². The Morgan fingerprint density at radius 1 is 1.14 bits per heavy atom. The van der Waals surface area contributed by atoms with Gasteiger partial charge in [0.25, 0.3) is 0 Å². The first kappa shape index (κ1) is 14.9. The summed E-state index contributed by atoms with van der Waals surface area (Å²) in [5, 5.41) is 3.59. The first-order valence-corrected chi connectivity index (χ1v) is 8.70. The molecule has 0 amide bonds. The van der Waals surface area contributed by atoms with Gasteiger partial charge in [-0.3, -0.25) is 0 Å². The van der Waals surface area contributed by atoms with Gasteiger partial charge in [0, 0.05) is 6.04 Å². The summed E-state index contributed by atoms with van der Waals surface area (Å²) in [4.78, 5) is 0. The van der Waals surface area contributed by atoms with Gasteiger partial charge in [0.1, 0.15) is 5.75 Å². The summed E-state index contributed by atoms with van der Waals surface area (Å²) in [5.41, 5.74) is 2.92. The van der Waals surface area contributed by atoms with Crippen LogP contribution in [0.5, 0.6) is 5.75 Å². The summed E-state index contributed by atoms with van der Waals surface area (Å²) < 4.78 is 6.42. The zero-order valence-electron chi connectivity index (χ0n) is 13.7. The third-order valence-electron chi connectivity index (χ3n) is 5.52. The van der Waals surface area contributed by atoms with E-state index in [0.29, 0.717) is 12.1 Å². The van der Waals surface area contributed by atoms with Crippen molar-refractivity contribution in [1.29, 1.82) is 0 Å². The largest absolute Gasteiger partial charge is 0.490 e. The van der Waals surface area contributed by atoms with Gasteiger partial charge in [-0.25, -0.2) is 0 Å². The van der Waals surface area contributed by atoms with Crippen molar-refractivity contribution in [3.63, 3.8) is 0 Å². The second kappa shape index (κ2) is 6.39. The molecule has 1 aromatic rings. The molecule has 0 aromatic heterocycles. The molecule has 0 radical (unpaired) electrons. The van der Waals surface area contributed by atoms with E-state index in [0.717, 1.165) is 30.6 Å². The minimum Gasteiger partial charge on any atom is -0.490 e. The lowest BCUT2D eigenvalue weighted by molar-refractivity contribution is 0.0998. The van der Waals surface area contributed by atoms with E-state index in [9.17, 15) is 0 Å². The highest BCUT2D eigenvalue weighted by Crippen LogP contribution is 2.39. The van der Waals surface area contributed by atoms with Crippen molar-refractivity contribution >= 4 is 0 Å². The summed E-state index contributed by atoms with van der Waals surface area (Å²) in [6, 6.07) is 7.14.